The molecule has 6 nitrogen and oxygen atoms in total. The van der Waals surface area contributed by atoms with Gasteiger partial charge in [0, 0.05) is 12.6 Å². The maximum atomic E-state index is 10.9. The fourth-order valence-corrected chi connectivity index (χ4v) is 4.83. The van der Waals surface area contributed by atoms with Gasteiger partial charge in [-0.05, 0) is 12.8 Å². The molecule has 32 heavy (non-hydrogen) atoms. The van der Waals surface area contributed by atoms with E-state index in [0.717, 1.165) is 25.7 Å². The quantitative estimate of drug-likeness (QED) is 0.0468. The number of hydroxylamine groups is 1. The first-order valence-corrected chi connectivity index (χ1v) is 15.2. The van der Waals surface area contributed by atoms with E-state index in [9.17, 15) is 9.36 Å². The van der Waals surface area contributed by atoms with Gasteiger partial charge in [-0.15, -0.1) is 0 Å². The van der Waals surface area contributed by atoms with Crippen molar-refractivity contribution in [1.82, 2.24) is 5.48 Å². The Morgan fingerprint density at radius 3 is 1.00 bits per heavy atom. The summed E-state index contributed by atoms with van der Waals surface area (Å²) in [4.78, 5) is 28.5. The van der Waals surface area contributed by atoms with Crippen molar-refractivity contribution in [2.45, 2.75) is 148 Å². The zero-order valence-electron chi connectivity index (χ0n) is 20.6. The zero-order valence-corrected chi connectivity index (χ0v) is 21.5. The molecule has 0 aliphatic heterocycles. The van der Waals surface area contributed by atoms with E-state index in [2.05, 4.69) is 0 Å². The van der Waals surface area contributed by atoms with Gasteiger partial charge in [0.05, 0.1) is 0 Å². The highest BCUT2D eigenvalue weighted by Crippen LogP contribution is 2.35. The number of nitrogens with one attached hydrogen (secondary N) is 1. The van der Waals surface area contributed by atoms with Crippen LogP contribution < -0.4 is 5.48 Å². The molecule has 0 atom stereocenters. The zero-order chi connectivity index (χ0) is 23.8. The average Bonchev–Trinajstić information content (AvgIpc) is 2.75. The van der Waals surface area contributed by atoms with Gasteiger partial charge in [-0.1, -0.05) is 128 Å². The molecule has 0 fully saturated rings. The number of unbranched alkanes of at least 4 members (excludes halogenated alkanes) is 21. The van der Waals surface area contributed by atoms with E-state index in [1.54, 1.807) is 5.48 Å². The molecule has 0 aliphatic rings. The maximum Gasteiger partial charge on any atom is 0.325 e. The van der Waals surface area contributed by atoms with Crippen molar-refractivity contribution in [2.75, 3.05) is 6.16 Å². The predicted octanol–water partition coefficient (Wildman–Crippen LogP) is 7.64. The molecule has 0 aromatic carbocycles. The molecule has 0 saturated carbocycles. The Hall–Kier alpha value is -0.420. The van der Waals surface area contributed by atoms with Gasteiger partial charge < -0.3 is 9.79 Å². The van der Waals surface area contributed by atoms with Crippen LogP contribution in [0, 0.1) is 0 Å². The molecule has 0 aromatic rings. The molecule has 7 heteroatoms. The third-order valence-electron chi connectivity index (χ3n) is 6.23. The van der Waals surface area contributed by atoms with Gasteiger partial charge >= 0.3 is 7.60 Å². The molecule has 1 amide bonds. The second kappa shape index (κ2) is 23.7. The van der Waals surface area contributed by atoms with Crippen molar-refractivity contribution in [3.05, 3.63) is 0 Å². The Kier molecular flexibility index (Phi) is 23.4. The second-order valence-electron chi connectivity index (χ2n) is 9.45. The third kappa shape index (κ3) is 27.6. The Labute approximate surface area is 197 Å². The SMILES string of the molecule is O=C(CCCCCCCCCCCCCCCCCCCCCCCCP(=O)(O)O)NO. The summed E-state index contributed by atoms with van der Waals surface area (Å²) in [5.41, 5.74) is 1.68. The summed E-state index contributed by atoms with van der Waals surface area (Å²) in [6, 6.07) is 0. The molecule has 192 valence electrons. The van der Waals surface area contributed by atoms with Gasteiger partial charge in [-0.2, -0.15) is 0 Å². The highest BCUT2D eigenvalue weighted by atomic mass is 31.2. The van der Waals surface area contributed by atoms with Crippen LogP contribution in [0.5, 0.6) is 0 Å². The van der Waals surface area contributed by atoms with E-state index in [1.165, 1.54) is 109 Å². The summed E-state index contributed by atoms with van der Waals surface area (Å²) >= 11 is 0. The van der Waals surface area contributed by atoms with Crippen molar-refractivity contribution >= 4 is 13.5 Å². The Morgan fingerprint density at radius 1 is 0.500 bits per heavy atom. The first-order chi connectivity index (χ1) is 15.5. The minimum absolute atomic E-state index is 0.0464. The van der Waals surface area contributed by atoms with Crippen LogP contribution >= 0.6 is 7.60 Å². The topological polar surface area (TPSA) is 107 Å². The number of hydrogen-bond acceptors (Lipinski definition) is 3. The number of rotatable bonds is 25. The number of carbonyl (C=O) groups is 1. The van der Waals surface area contributed by atoms with Crippen LogP contribution in [0.2, 0.25) is 0 Å². The van der Waals surface area contributed by atoms with Gasteiger partial charge in [0.15, 0.2) is 0 Å². The highest BCUT2D eigenvalue weighted by molar-refractivity contribution is 7.51. The maximum absolute atomic E-state index is 10.9. The van der Waals surface area contributed by atoms with Crippen LogP contribution in [0.3, 0.4) is 0 Å². The molecule has 0 saturated heterocycles. The van der Waals surface area contributed by atoms with Crippen LogP contribution in [0.4, 0.5) is 0 Å². The van der Waals surface area contributed by atoms with E-state index in [4.69, 9.17) is 15.0 Å². The predicted molar refractivity (Wildman–Crippen MR) is 133 cm³/mol. The minimum atomic E-state index is -3.78. The number of amides is 1. The molecule has 0 radical (unpaired) electrons. The molecular formula is C25H52NO5P. The van der Waals surface area contributed by atoms with Gasteiger partial charge in [-0.25, -0.2) is 5.48 Å². The lowest BCUT2D eigenvalue weighted by Crippen LogP contribution is -2.17. The molecule has 0 aromatic heterocycles. The fourth-order valence-electron chi connectivity index (χ4n) is 4.19. The first-order valence-electron chi connectivity index (χ1n) is 13.4. The van der Waals surface area contributed by atoms with Gasteiger partial charge in [-0.3, -0.25) is 14.6 Å². The van der Waals surface area contributed by atoms with E-state index < -0.39 is 7.60 Å². The Balaban J connectivity index is 3.06. The van der Waals surface area contributed by atoms with Crippen molar-refractivity contribution in [3.8, 4) is 0 Å². The highest BCUT2D eigenvalue weighted by Gasteiger charge is 2.10. The smallest absolute Gasteiger partial charge is 0.324 e. The molecule has 0 unspecified atom stereocenters. The lowest BCUT2D eigenvalue weighted by Gasteiger charge is -2.05. The standard InChI is InChI=1S/C25H52NO5P/c27-25(26-28)23-21-19-17-15-13-11-9-7-5-3-1-2-4-6-8-10-12-14-16-18-20-22-24-32(29,30)31/h28H,1-24H2,(H,26,27)(H2,29,30,31). The van der Waals surface area contributed by atoms with E-state index in [1.807, 2.05) is 0 Å². The largest absolute Gasteiger partial charge is 0.325 e. The van der Waals surface area contributed by atoms with E-state index >= 15 is 0 Å². The summed E-state index contributed by atoms with van der Waals surface area (Å²) in [6.07, 6.45) is 27.7. The van der Waals surface area contributed by atoms with E-state index in [-0.39, 0.29) is 12.1 Å². The van der Waals surface area contributed by atoms with Gasteiger partial charge in [0.1, 0.15) is 0 Å². The molecule has 0 rings (SSSR count). The summed E-state index contributed by atoms with van der Waals surface area (Å²) < 4.78 is 10.7. The Morgan fingerprint density at radius 2 is 0.750 bits per heavy atom. The fraction of sp³-hybridized carbons (Fsp3) is 0.960. The molecule has 4 N–H and O–H groups in total. The van der Waals surface area contributed by atoms with E-state index in [0.29, 0.717) is 12.8 Å². The number of hydrogen-bond donors (Lipinski definition) is 4. The Bertz CT molecular complexity index is 456. The van der Waals surface area contributed by atoms with Crippen molar-refractivity contribution < 1.29 is 24.4 Å². The molecule has 0 aliphatic carbocycles. The lowest BCUT2D eigenvalue weighted by atomic mass is 10.0. The summed E-state index contributed by atoms with van der Waals surface area (Å²) in [7, 11) is -3.78. The van der Waals surface area contributed by atoms with Crippen LogP contribution in [0.25, 0.3) is 0 Å². The summed E-state index contributed by atoms with van der Waals surface area (Å²) in [6.45, 7) is 0. The second-order valence-corrected chi connectivity index (χ2v) is 11.2. The van der Waals surface area contributed by atoms with Crippen LogP contribution in [-0.4, -0.2) is 27.1 Å². The molecule has 0 bridgehead atoms. The van der Waals surface area contributed by atoms with Crippen LogP contribution in [-0.2, 0) is 9.36 Å². The minimum Gasteiger partial charge on any atom is -0.324 e. The van der Waals surface area contributed by atoms with Crippen molar-refractivity contribution in [2.24, 2.45) is 0 Å². The third-order valence-corrected chi connectivity index (χ3v) is 7.13. The first kappa shape index (κ1) is 31.6. The van der Waals surface area contributed by atoms with Gasteiger partial charge in [0.2, 0.25) is 5.91 Å². The molecular weight excluding hydrogens is 425 g/mol. The van der Waals surface area contributed by atoms with Crippen LogP contribution in [0.15, 0.2) is 0 Å². The van der Waals surface area contributed by atoms with Gasteiger partial charge in [0.25, 0.3) is 0 Å². The lowest BCUT2D eigenvalue weighted by molar-refractivity contribution is -0.129. The number of carbonyl (C=O) groups excluding carboxylic acids is 1. The summed E-state index contributed by atoms with van der Waals surface area (Å²) in [5, 5.41) is 8.41. The molecule has 0 spiro atoms. The average molecular weight is 478 g/mol. The monoisotopic (exact) mass is 477 g/mol. The normalized spacial score (nSPS) is 11.7. The van der Waals surface area contributed by atoms with Crippen LogP contribution in [0.1, 0.15) is 148 Å². The summed E-state index contributed by atoms with van der Waals surface area (Å²) in [5.74, 6) is -0.273. The van der Waals surface area contributed by atoms with Crippen molar-refractivity contribution in [1.29, 1.82) is 0 Å². The van der Waals surface area contributed by atoms with Crippen molar-refractivity contribution in [3.63, 3.8) is 0 Å². The molecule has 0 heterocycles.